The molecular formula is C16H26N4O5S. The molecule has 0 aromatic carbocycles. The van der Waals surface area contributed by atoms with Crippen LogP contribution in [0.25, 0.3) is 0 Å². The lowest BCUT2D eigenvalue weighted by atomic mass is 10.0. The first-order valence-corrected chi connectivity index (χ1v) is 10.4. The SMILES string of the molecule is CC(C)C(C(=O)NCc1cn(CC(=O)O)nn1)S(=O)(=O)C1CCCCC1. The van der Waals surface area contributed by atoms with E-state index in [2.05, 4.69) is 15.6 Å². The highest BCUT2D eigenvalue weighted by Gasteiger charge is 2.41. The quantitative estimate of drug-likeness (QED) is 0.674. The zero-order valence-electron chi connectivity index (χ0n) is 15.1. The fourth-order valence-corrected chi connectivity index (χ4v) is 5.89. The van der Waals surface area contributed by atoms with E-state index in [9.17, 15) is 18.0 Å². The molecule has 1 aliphatic carbocycles. The average Bonchev–Trinajstić information content (AvgIpc) is 3.00. The first-order chi connectivity index (χ1) is 12.2. The van der Waals surface area contributed by atoms with Crippen LogP contribution in [0, 0.1) is 5.92 Å². The van der Waals surface area contributed by atoms with Gasteiger partial charge in [-0.05, 0) is 18.8 Å². The summed E-state index contributed by atoms with van der Waals surface area (Å²) in [4.78, 5) is 23.2. The molecule has 1 saturated carbocycles. The summed E-state index contributed by atoms with van der Waals surface area (Å²) in [6.07, 6.45) is 5.43. The van der Waals surface area contributed by atoms with Gasteiger partial charge in [-0.3, -0.25) is 9.59 Å². The second-order valence-corrected chi connectivity index (χ2v) is 9.39. The van der Waals surface area contributed by atoms with E-state index in [1.54, 1.807) is 13.8 Å². The molecule has 1 atom stereocenters. The third-order valence-corrected chi connectivity index (χ3v) is 7.43. The Morgan fingerprint density at radius 2 is 1.96 bits per heavy atom. The number of rotatable bonds is 8. The Morgan fingerprint density at radius 1 is 1.31 bits per heavy atom. The Labute approximate surface area is 153 Å². The van der Waals surface area contributed by atoms with Gasteiger partial charge in [0.2, 0.25) is 5.91 Å². The molecule has 1 aromatic rings. The monoisotopic (exact) mass is 386 g/mol. The van der Waals surface area contributed by atoms with Gasteiger partial charge in [0.05, 0.1) is 18.0 Å². The van der Waals surface area contributed by atoms with Gasteiger partial charge in [0, 0.05) is 0 Å². The van der Waals surface area contributed by atoms with Crippen LogP contribution in [0.2, 0.25) is 0 Å². The van der Waals surface area contributed by atoms with Gasteiger partial charge >= 0.3 is 5.97 Å². The summed E-state index contributed by atoms with van der Waals surface area (Å²) >= 11 is 0. The van der Waals surface area contributed by atoms with E-state index < -0.39 is 32.2 Å². The number of nitrogens with zero attached hydrogens (tertiary/aromatic N) is 3. The number of aliphatic carboxylic acids is 1. The number of sulfone groups is 1. The van der Waals surface area contributed by atoms with E-state index >= 15 is 0 Å². The van der Waals surface area contributed by atoms with Crippen molar-refractivity contribution in [1.29, 1.82) is 0 Å². The maximum atomic E-state index is 12.9. The smallest absolute Gasteiger partial charge is 0.325 e. The topological polar surface area (TPSA) is 131 Å². The molecule has 0 bridgehead atoms. The highest BCUT2D eigenvalue weighted by atomic mass is 32.2. The van der Waals surface area contributed by atoms with Crippen LogP contribution in [0.5, 0.6) is 0 Å². The second-order valence-electron chi connectivity index (χ2n) is 7.03. The summed E-state index contributed by atoms with van der Waals surface area (Å²) in [5.41, 5.74) is 0.372. The second kappa shape index (κ2) is 8.61. The fraction of sp³-hybridized carbons (Fsp3) is 0.750. The maximum Gasteiger partial charge on any atom is 0.325 e. The third kappa shape index (κ3) is 5.03. The third-order valence-electron chi connectivity index (χ3n) is 4.56. The van der Waals surface area contributed by atoms with Crippen molar-refractivity contribution in [2.45, 2.75) is 69.5 Å². The summed E-state index contributed by atoms with van der Waals surface area (Å²) in [6, 6.07) is 0. The van der Waals surface area contributed by atoms with Crippen LogP contribution >= 0.6 is 0 Å². The van der Waals surface area contributed by atoms with Gasteiger partial charge in [0.15, 0.2) is 9.84 Å². The summed E-state index contributed by atoms with van der Waals surface area (Å²) in [7, 11) is -3.57. The number of carbonyl (C=O) groups is 2. The van der Waals surface area contributed by atoms with Crippen LogP contribution < -0.4 is 5.32 Å². The summed E-state index contributed by atoms with van der Waals surface area (Å²) in [6.45, 7) is 3.13. The molecule has 1 unspecified atom stereocenters. The lowest BCUT2D eigenvalue weighted by molar-refractivity contribution is -0.138. The molecule has 0 aliphatic heterocycles. The van der Waals surface area contributed by atoms with Gasteiger partial charge in [-0.1, -0.05) is 38.3 Å². The van der Waals surface area contributed by atoms with E-state index in [4.69, 9.17) is 5.11 Å². The van der Waals surface area contributed by atoms with Gasteiger partial charge in [-0.25, -0.2) is 13.1 Å². The number of amides is 1. The number of carbonyl (C=O) groups excluding carboxylic acids is 1. The summed E-state index contributed by atoms with van der Waals surface area (Å²) in [5, 5.41) is 17.2. The number of aromatic nitrogens is 3. The van der Waals surface area contributed by atoms with E-state index in [0.29, 0.717) is 18.5 Å². The normalized spacial score (nSPS) is 17.2. The zero-order valence-corrected chi connectivity index (χ0v) is 15.9. The summed E-state index contributed by atoms with van der Waals surface area (Å²) < 4.78 is 27.0. The predicted molar refractivity (Wildman–Crippen MR) is 93.9 cm³/mol. The molecule has 1 fully saturated rings. The first-order valence-electron chi connectivity index (χ1n) is 8.83. The van der Waals surface area contributed by atoms with Crippen LogP contribution in [0.1, 0.15) is 51.6 Å². The number of hydrogen-bond donors (Lipinski definition) is 2. The predicted octanol–water partition coefficient (Wildman–Crippen LogP) is 0.751. The van der Waals surface area contributed by atoms with E-state index in [1.165, 1.54) is 6.20 Å². The highest BCUT2D eigenvalue weighted by Crippen LogP contribution is 2.29. The molecule has 9 nitrogen and oxygen atoms in total. The lowest BCUT2D eigenvalue weighted by Crippen LogP contribution is -2.47. The molecule has 2 N–H and O–H groups in total. The minimum Gasteiger partial charge on any atom is -0.480 e. The number of carboxylic acid groups (broad SMARTS) is 1. The van der Waals surface area contributed by atoms with Crippen molar-refractivity contribution in [2.24, 2.45) is 5.92 Å². The van der Waals surface area contributed by atoms with Crippen molar-refractivity contribution in [3.05, 3.63) is 11.9 Å². The fourth-order valence-electron chi connectivity index (χ4n) is 3.35. The molecule has 1 aliphatic rings. The molecule has 1 heterocycles. The van der Waals surface area contributed by atoms with Gasteiger partial charge in [0.25, 0.3) is 0 Å². The van der Waals surface area contributed by atoms with Crippen LogP contribution in [-0.4, -0.2) is 50.9 Å². The van der Waals surface area contributed by atoms with Crippen LogP contribution in [0.3, 0.4) is 0 Å². The van der Waals surface area contributed by atoms with Gasteiger partial charge in [-0.15, -0.1) is 5.10 Å². The first kappa shape index (κ1) is 20.3. The van der Waals surface area contributed by atoms with Crippen molar-refractivity contribution in [3.63, 3.8) is 0 Å². The molecule has 0 spiro atoms. The Hall–Kier alpha value is -1.97. The minimum atomic E-state index is -3.57. The largest absolute Gasteiger partial charge is 0.480 e. The molecule has 0 saturated heterocycles. The van der Waals surface area contributed by atoms with E-state index in [0.717, 1.165) is 23.9 Å². The molecule has 26 heavy (non-hydrogen) atoms. The molecule has 1 amide bonds. The van der Waals surface area contributed by atoms with Crippen molar-refractivity contribution < 1.29 is 23.1 Å². The number of nitrogens with one attached hydrogen (secondary N) is 1. The number of carboxylic acids is 1. The van der Waals surface area contributed by atoms with Gasteiger partial charge in [-0.2, -0.15) is 0 Å². The Bertz CT molecular complexity index is 738. The van der Waals surface area contributed by atoms with Crippen LogP contribution in [-0.2, 0) is 32.5 Å². The lowest BCUT2D eigenvalue weighted by Gasteiger charge is -2.28. The Balaban J connectivity index is 2.04. The molecule has 2 rings (SSSR count). The van der Waals surface area contributed by atoms with Crippen molar-refractivity contribution in [1.82, 2.24) is 20.3 Å². The zero-order chi connectivity index (χ0) is 19.3. The molecule has 146 valence electrons. The van der Waals surface area contributed by atoms with Crippen molar-refractivity contribution in [2.75, 3.05) is 0 Å². The minimum absolute atomic E-state index is 0.00184. The van der Waals surface area contributed by atoms with Crippen molar-refractivity contribution >= 4 is 21.7 Å². The molecule has 10 heteroatoms. The standard InChI is InChI=1S/C16H26N4O5S/c1-11(2)15(26(24,25)13-6-4-3-5-7-13)16(23)17-8-12-9-20(19-18-12)10-14(21)22/h9,11,13,15H,3-8,10H2,1-2H3,(H,17,23)(H,21,22). The Morgan fingerprint density at radius 3 is 2.54 bits per heavy atom. The summed E-state index contributed by atoms with van der Waals surface area (Å²) in [5.74, 6) is -1.94. The molecule has 1 aromatic heterocycles. The maximum absolute atomic E-state index is 12.9. The van der Waals surface area contributed by atoms with E-state index in [1.807, 2.05) is 0 Å². The number of hydrogen-bond acceptors (Lipinski definition) is 6. The van der Waals surface area contributed by atoms with Gasteiger partial charge in [0.1, 0.15) is 17.5 Å². The molecular weight excluding hydrogens is 360 g/mol. The van der Waals surface area contributed by atoms with Crippen LogP contribution in [0.15, 0.2) is 6.20 Å². The van der Waals surface area contributed by atoms with Gasteiger partial charge < -0.3 is 10.4 Å². The Kier molecular flexibility index (Phi) is 6.74. The van der Waals surface area contributed by atoms with E-state index in [-0.39, 0.29) is 19.0 Å². The average molecular weight is 386 g/mol. The van der Waals surface area contributed by atoms with Crippen LogP contribution in [0.4, 0.5) is 0 Å². The highest BCUT2D eigenvalue weighted by molar-refractivity contribution is 7.93. The molecule has 0 radical (unpaired) electrons. The van der Waals surface area contributed by atoms with Crippen molar-refractivity contribution in [3.8, 4) is 0 Å².